The summed E-state index contributed by atoms with van der Waals surface area (Å²) in [6.07, 6.45) is 0. The van der Waals surface area contributed by atoms with Crippen LogP contribution in [0.15, 0.2) is 127 Å². The van der Waals surface area contributed by atoms with Gasteiger partial charge in [0, 0.05) is 28.3 Å². The van der Waals surface area contributed by atoms with E-state index in [9.17, 15) is 0 Å². The molecule has 1 aromatic heterocycles. The van der Waals surface area contributed by atoms with Crippen LogP contribution < -0.4 is 15.3 Å². The molecule has 0 radical (unpaired) electrons. The molecule has 7 rings (SSSR count). The van der Waals surface area contributed by atoms with Crippen LogP contribution in [-0.4, -0.2) is 17.6 Å². The van der Waals surface area contributed by atoms with E-state index < -0.39 is 8.07 Å². The summed E-state index contributed by atoms with van der Waals surface area (Å²) in [5, 5.41) is 2.95. The third kappa shape index (κ3) is 3.37. The number of nitrogens with zero attached hydrogens (tertiary/aromatic N) is 3. The fraction of sp³-hybridized carbons (Fsp3) is 0.0606. The summed E-state index contributed by atoms with van der Waals surface area (Å²) in [5.41, 5.74) is 8.06. The monoisotopic (exact) mass is 493 g/mol. The molecule has 0 N–H and O–H groups in total. The molecule has 0 unspecified atom stereocenters. The van der Waals surface area contributed by atoms with Crippen LogP contribution in [0.5, 0.6) is 0 Å². The van der Waals surface area contributed by atoms with Crippen LogP contribution in [0, 0.1) is 0 Å². The van der Waals surface area contributed by atoms with E-state index in [1.807, 2.05) is 6.07 Å². The summed E-state index contributed by atoms with van der Waals surface area (Å²) in [6.45, 7) is 4.92. The average molecular weight is 494 g/mol. The minimum atomic E-state index is -1.79. The Morgan fingerprint density at radius 1 is 0.541 bits per heavy atom. The van der Waals surface area contributed by atoms with Crippen molar-refractivity contribution >= 4 is 46.5 Å². The molecule has 37 heavy (non-hydrogen) atoms. The molecule has 3 nitrogen and oxygen atoms in total. The predicted octanol–water partition coefficient (Wildman–Crippen LogP) is 7.30. The second-order valence-electron chi connectivity index (χ2n) is 10.1. The number of hydrogen-bond donors (Lipinski definition) is 0. The van der Waals surface area contributed by atoms with Crippen molar-refractivity contribution in [1.29, 1.82) is 0 Å². The molecule has 178 valence electrons. The van der Waals surface area contributed by atoms with Crippen LogP contribution in [0.1, 0.15) is 0 Å². The molecule has 0 bridgehead atoms. The van der Waals surface area contributed by atoms with Crippen LogP contribution in [0.3, 0.4) is 0 Å². The van der Waals surface area contributed by atoms with E-state index >= 15 is 0 Å². The molecule has 0 aliphatic carbocycles. The van der Waals surface area contributed by atoms with E-state index in [0.29, 0.717) is 0 Å². The standard InChI is InChI=1S/C33H27N3Si/c1-37(2)31-18-10-8-16-29(31)35(30-17-9-11-19-32(30)37)26-22-20-24(21-23-26)33-34-27-14-6-7-15-28(27)36(33)25-12-4-3-5-13-25/h3-23H,1-2H3. The highest BCUT2D eigenvalue weighted by Crippen LogP contribution is 2.39. The zero-order chi connectivity index (χ0) is 25.0. The molecule has 0 amide bonds. The Morgan fingerprint density at radius 2 is 1.11 bits per heavy atom. The Bertz CT molecular complexity index is 1700. The van der Waals surface area contributed by atoms with Gasteiger partial charge in [-0.15, -0.1) is 0 Å². The van der Waals surface area contributed by atoms with Gasteiger partial charge < -0.3 is 4.90 Å². The molecule has 4 heteroatoms. The molecular formula is C33H27N3Si. The number of benzene rings is 5. The number of para-hydroxylation sites is 5. The lowest BCUT2D eigenvalue weighted by molar-refractivity contribution is 1.10. The maximum atomic E-state index is 5.05. The lowest BCUT2D eigenvalue weighted by Gasteiger charge is -2.41. The zero-order valence-electron chi connectivity index (χ0n) is 21.0. The molecule has 2 heterocycles. The summed E-state index contributed by atoms with van der Waals surface area (Å²) in [5.74, 6) is 0.951. The highest BCUT2D eigenvalue weighted by Gasteiger charge is 2.38. The Labute approximate surface area is 218 Å². The molecule has 0 atom stereocenters. The SMILES string of the molecule is C[Si]1(C)c2ccccc2N(c2ccc(-c3nc4ccccc4n3-c3ccccc3)cc2)c2ccccc21. The second kappa shape index (κ2) is 8.32. The summed E-state index contributed by atoms with van der Waals surface area (Å²) in [4.78, 5) is 7.47. The van der Waals surface area contributed by atoms with Gasteiger partial charge in [-0.25, -0.2) is 4.98 Å². The molecule has 0 spiro atoms. The number of hydrogen-bond acceptors (Lipinski definition) is 2. The quantitative estimate of drug-likeness (QED) is 0.241. The van der Waals surface area contributed by atoms with Gasteiger partial charge in [-0.3, -0.25) is 4.57 Å². The summed E-state index contributed by atoms with van der Waals surface area (Å²) >= 11 is 0. The molecule has 0 saturated heterocycles. The van der Waals surface area contributed by atoms with E-state index in [1.165, 1.54) is 21.7 Å². The first-order valence-corrected chi connectivity index (χ1v) is 15.8. The molecule has 0 fully saturated rings. The van der Waals surface area contributed by atoms with Crippen molar-refractivity contribution < 1.29 is 0 Å². The summed E-state index contributed by atoms with van der Waals surface area (Å²) < 4.78 is 2.25. The van der Waals surface area contributed by atoms with Gasteiger partial charge in [0.15, 0.2) is 0 Å². The molecule has 1 aliphatic heterocycles. The fourth-order valence-electron chi connectivity index (χ4n) is 5.76. The number of rotatable bonds is 3. The average Bonchev–Trinajstić information content (AvgIpc) is 3.34. The van der Waals surface area contributed by atoms with Gasteiger partial charge in [0.05, 0.1) is 11.0 Å². The first kappa shape index (κ1) is 21.8. The molecular weight excluding hydrogens is 466 g/mol. The van der Waals surface area contributed by atoms with Crippen molar-refractivity contribution in [3.05, 3.63) is 127 Å². The van der Waals surface area contributed by atoms with Crippen LogP contribution in [0.25, 0.3) is 28.1 Å². The van der Waals surface area contributed by atoms with E-state index in [4.69, 9.17) is 4.98 Å². The topological polar surface area (TPSA) is 21.1 Å². The summed E-state index contributed by atoms with van der Waals surface area (Å²) in [7, 11) is -1.79. The summed E-state index contributed by atoms with van der Waals surface area (Å²) in [6, 6.07) is 45.5. The van der Waals surface area contributed by atoms with Crippen molar-refractivity contribution in [1.82, 2.24) is 9.55 Å². The van der Waals surface area contributed by atoms with Gasteiger partial charge in [0.1, 0.15) is 13.9 Å². The van der Waals surface area contributed by atoms with Gasteiger partial charge >= 0.3 is 0 Å². The van der Waals surface area contributed by atoms with Gasteiger partial charge in [-0.2, -0.15) is 0 Å². The minimum absolute atomic E-state index is 0.951. The Morgan fingerprint density at radius 3 is 1.78 bits per heavy atom. The number of anilines is 3. The van der Waals surface area contributed by atoms with Crippen LogP contribution >= 0.6 is 0 Å². The lowest BCUT2D eigenvalue weighted by atomic mass is 10.1. The largest absolute Gasteiger partial charge is 0.311 e. The smallest absolute Gasteiger partial charge is 0.145 e. The van der Waals surface area contributed by atoms with Crippen LogP contribution in [-0.2, 0) is 0 Å². The number of fused-ring (bicyclic) bond motifs is 3. The molecule has 0 saturated carbocycles. The first-order valence-electron chi connectivity index (χ1n) is 12.8. The van der Waals surface area contributed by atoms with Crippen molar-refractivity contribution in [3.63, 3.8) is 0 Å². The second-order valence-corrected chi connectivity index (χ2v) is 14.5. The maximum absolute atomic E-state index is 5.05. The van der Waals surface area contributed by atoms with Gasteiger partial charge in [-0.1, -0.05) is 79.8 Å². The maximum Gasteiger partial charge on any atom is 0.145 e. The number of imidazole rings is 1. The predicted molar refractivity (Wildman–Crippen MR) is 158 cm³/mol. The van der Waals surface area contributed by atoms with Gasteiger partial charge in [0.2, 0.25) is 0 Å². The zero-order valence-corrected chi connectivity index (χ0v) is 22.0. The number of aromatic nitrogens is 2. The third-order valence-electron chi connectivity index (χ3n) is 7.60. The Balaban J connectivity index is 1.38. The van der Waals surface area contributed by atoms with Crippen molar-refractivity contribution in [2.75, 3.05) is 4.90 Å². The third-order valence-corrected chi connectivity index (χ3v) is 11.1. The Hall–Kier alpha value is -4.41. The highest BCUT2D eigenvalue weighted by atomic mass is 28.3. The van der Waals surface area contributed by atoms with E-state index in [0.717, 1.165) is 33.8 Å². The van der Waals surface area contributed by atoms with Crippen molar-refractivity contribution in [2.24, 2.45) is 0 Å². The van der Waals surface area contributed by atoms with Crippen molar-refractivity contribution in [2.45, 2.75) is 13.1 Å². The van der Waals surface area contributed by atoms with Crippen molar-refractivity contribution in [3.8, 4) is 17.1 Å². The fourth-order valence-corrected chi connectivity index (χ4v) is 8.75. The lowest BCUT2D eigenvalue weighted by Crippen LogP contribution is -2.58. The van der Waals surface area contributed by atoms with E-state index in [-0.39, 0.29) is 0 Å². The van der Waals surface area contributed by atoms with Crippen LogP contribution in [0.4, 0.5) is 17.1 Å². The van der Waals surface area contributed by atoms with Gasteiger partial charge in [0.25, 0.3) is 0 Å². The first-order chi connectivity index (χ1) is 18.1. The van der Waals surface area contributed by atoms with Crippen LogP contribution in [0.2, 0.25) is 13.1 Å². The van der Waals surface area contributed by atoms with E-state index in [1.54, 1.807) is 0 Å². The molecule has 5 aromatic carbocycles. The normalized spacial score (nSPS) is 13.8. The minimum Gasteiger partial charge on any atom is -0.311 e. The molecule has 6 aromatic rings. The highest BCUT2D eigenvalue weighted by molar-refractivity contribution is 7.02. The Kier molecular flexibility index (Phi) is 4.91. The van der Waals surface area contributed by atoms with E-state index in [2.05, 4.69) is 144 Å². The molecule has 1 aliphatic rings. The van der Waals surface area contributed by atoms with Gasteiger partial charge in [-0.05, 0) is 71.0 Å².